The molecule has 0 aromatic heterocycles. The van der Waals surface area contributed by atoms with Crippen molar-refractivity contribution < 1.29 is 24.2 Å². The summed E-state index contributed by atoms with van der Waals surface area (Å²) >= 11 is 6.06. The van der Waals surface area contributed by atoms with E-state index in [0.717, 1.165) is 0 Å². The van der Waals surface area contributed by atoms with Gasteiger partial charge in [-0.15, -0.1) is 0 Å². The van der Waals surface area contributed by atoms with Gasteiger partial charge in [-0.2, -0.15) is 0 Å². The van der Waals surface area contributed by atoms with Crippen molar-refractivity contribution in [3.63, 3.8) is 0 Å². The second kappa shape index (κ2) is 7.47. The molecule has 0 saturated carbocycles. The van der Waals surface area contributed by atoms with Crippen LogP contribution in [0.1, 0.15) is 38.9 Å². The third-order valence-corrected chi connectivity index (χ3v) is 2.91. The molecule has 0 radical (unpaired) electrons. The number of carbonyl (C=O) groups is 2. The van der Waals surface area contributed by atoms with Crippen LogP contribution < -0.4 is 5.32 Å². The molecule has 0 spiro atoms. The van der Waals surface area contributed by atoms with Crippen LogP contribution in [0.25, 0.3) is 0 Å². The molecule has 0 heterocycles. The van der Waals surface area contributed by atoms with Crippen LogP contribution in [-0.4, -0.2) is 29.9 Å². The van der Waals surface area contributed by atoms with Gasteiger partial charge < -0.3 is 14.6 Å². The number of anilines is 1. The van der Waals surface area contributed by atoms with Crippen molar-refractivity contribution in [2.75, 3.05) is 12.4 Å². The molecule has 0 aliphatic rings. The van der Waals surface area contributed by atoms with E-state index >= 15 is 0 Å². The summed E-state index contributed by atoms with van der Waals surface area (Å²) in [6.45, 7) is 5.25. The Labute approximate surface area is 134 Å². The summed E-state index contributed by atoms with van der Waals surface area (Å²) in [6, 6.07) is 4.57. The Morgan fingerprint density at radius 1 is 1.36 bits per heavy atom. The Balaban J connectivity index is 2.77. The summed E-state index contributed by atoms with van der Waals surface area (Å²) in [5.74, 6) is -0.528. The van der Waals surface area contributed by atoms with E-state index in [4.69, 9.17) is 16.3 Å². The molecule has 6 nitrogen and oxygen atoms in total. The first-order chi connectivity index (χ1) is 10.1. The molecule has 0 fully saturated rings. The van der Waals surface area contributed by atoms with Gasteiger partial charge in [-0.1, -0.05) is 17.7 Å². The maximum Gasteiger partial charge on any atom is 0.412 e. The van der Waals surface area contributed by atoms with E-state index < -0.39 is 23.8 Å². The summed E-state index contributed by atoms with van der Waals surface area (Å²) < 4.78 is 9.61. The molecule has 0 aliphatic heterocycles. The van der Waals surface area contributed by atoms with E-state index in [-0.39, 0.29) is 11.4 Å². The summed E-state index contributed by atoms with van der Waals surface area (Å²) in [7, 11) is 1.25. The molecule has 1 aromatic rings. The molecule has 0 saturated heterocycles. The van der Waals surface area contributed by atoms with Crippen molar-refractivity contribution in [2.45, 2.75) is 38.9 Å². The van der Waals surface area contributed by atoms with E-state index in [1.807, 2.05) is 0 Å². The highest BCUT2D eigenvalue weighted by Gasteiger charge is 2.18. The molecule has 22 heavy (non-hydrogen) atoms. The fourth-order valence-electron chi connectivity index (χ4n) is 1.61. The minimum atomic E-state index is -1.03. The smallest absolute Gasteiger partial charge is 0.412 e. The highest BCUT2D eigenvalue weighted by molar-refractivity contribution is 6.33. The number of methoxy groups -OCH3 is 1. The van der Waals surface area contributed by atoms with Crippen molar-refractivity contribution in [1.82, 2.24) is 0 Å². The molecular weight excluding hydrogens is 310 g/mol. The Morgan fingerprint density at radius 2 is 2.00 bits per heavy atom. The van der Waals surface area contributed by atoms with Gasteiger partial charge in [-0.05, 0) is 38.5 Å². The molecule has 0 bridgehead atoms. The molecule has 1 rings (SSSR count). The predicted molar refractivity (Wildman–Crippen MR) is 82.9 cm³/mol. The number of aliphatic hydroxyl groups excluding tert-OH is 1. The van der Waals surface area contributed by atoms with Crippen LogP contribution in [0, 0.1) is 0 Å². The summed E-state index contributed by atoms with van der Waals surface area (Å²) in [4.78, 5) is 22.8. The second-order valence-corrected chi connectivity index (χ2v) is 6.07. The van der Waals surface area contributed by atoms with Crippen LogP contribution in [0.15, 0.2) is 18.2 Å². The number of esters is 1. The van der Waals surface area contributed by atoms with Crippen molar-refractivity contribution in [3.8, 4) is 0 Å². The van der Waals surface area contributed by atoms with Gasteiger partial charge in [0.1, 0.15) is 5.60 Å². The average Bonchev–Trinajstić information content (AvgIpc) is 2.38. The summed E-state index contributed by atoms with van der Waals surface area (Å²) in [5, 5.41) is 12.6. The third kappa shape index (κ3) is 5.91. The van der Waals surface area contributed by atoms with Gasteiger partial charge in [0.15, 0.2) is 0 Å². The number of hydrogen-bond donors (Lipinski definition) is 2. The molecule has 122 valence electrons. The first-order valence-electron chi connectivity index (χ1n) is 6.66. The van der Waals surface area contributed by atoms with Gasteiger partial charge in [0.05, 0.1) is 30.3 Å². The van der Waals surface area contributed by atoms with Crippen LogP contribution in [0.4, 0.5) is 10.5 Å². The maximum absolute atomic E-state index is 11.7. The minimum absolute atomic E-state index is 0.175. The maximum atomic E-state index is 11.7. The molecular formula is C15H20ClNO5. The molecule has 1 aromatic carbocycles. The average molecular weight is 330 g/mol. The van der Waals surface area contributed by atoms with E-state index in [1.54, 1.807) is 26.8 Å². The lowest BCUT2D eigenvalue weighted by Crippen LogP contribution is -2.27. The first-order valence-corrected chi connectivity index (χ1v) is 7.04. The van der Waals surface area contributed by atoms with Gasteiger partial charge in [0.25, 0.3) is 0 Å². The molecule has 7 heteroatoms. The number of aliphatic hydroxyl groups is 1. The molecule has 1 amide bonds. The van der Waals surface area contributed by atoms with Crippen LogP contribution in [0.5, 0.6) is 0 Å². The number of carbonyl (C=O) groups excluding carboxylic acids is 2. The van der Waals surface area contributed by atoms with E-state index in [0.29, 0.717) is 11.3 Å². The summed E-state index contributed by atoms with van der Waals surface area (Å²) in [6.07, 6.45) is -1.83. The van der Waals surface area contributed by atoms with Gasteiger partial charge >= 0.3 is 12.1 Å². The van der Waals surface area contributed by atoms with E-state index in [2.05, 4.69) is 10.1 Å². The normalized spacial score (nSPS) is 12.5. The van der Waals surface area contributed by atoms with Crippen LogP contribution in [-0.2, 0) is 14.3 Å². The Bertz CT molecular complexity index is 553. The monoisotopic (exact) mass is 329 g/mol. The number of ether oxygens (including phenoxy) is 2. The lowest BCUT2D eigenvalue weighted by molar-refractivity contribution is -0.142. The van der Waals surface area contributed by atoms with Gasteiger partial charge in [0.2, 0.25) is 0 Å². The number of benzene rings is 1. The zero-order valence-electron chi connectivity index (χ0n) is 13.0. The number of hydrogen-bond acceptors (Lipinski definition) is 5. The number of nitrogens with one attached hydrogen (secondary N) is 1. The molecule has 2 N–H and O–H groups in total. The Morgan fingerprint density at radius 3 is 2.50 bits per heavy atom. The highest BCUT2D eigenvalue weighted by atomic mass is 35.5. The topological polar surface area (TPSA) is 84.9 Å². The fraction of sp³-hybridized carbons (Fsp3) is 0.467. The van der Waals surface area contributed by atoms with Gasteiger partial charge in [-0.3, -0.25) is 10.1 Å². The Hall–Kier alpha value is -1.79. The predicted octanol–water partition coefficient (Wildman–Crippen LogP) is 3.28. The Kier molecular flexibility index (Phi) is 6.20. The van der Waals surface area contributed by atoms with Crippen LogP contribution in [0.3, 0.4) is 0 Å². The van der Waals surface area contributed by atoms with Crippen LogP contribution in [0.2, 0.25) is 5.02 Å². The highest BCUT2D eigenvalue weighted by Crippen LogP contribution is 2.27. The van der Waals surface area contributed by atoms with E-state index in [9.17, 15) is 14.7 Å². The minimum Gasteiger partial charge on any atom is -0.469 e. The lowest BCUT2D eigenvalue weighted by Gasteiger charge is -2.20. The largest absolute Gasteiger partial charge is 0.469 e. The molecule has 1 atom stereocenters. The zero-order valence-corrected chi connectivity index (χ0v) is 13.7. The SMILES string of the molecule is COC(=O)CC(O)c1ccc(NC(=O)OC(C)(C)C)c(Cl)c1. The number of amides is 1. The summed E-state index contributed by atoms with van der Waals surface area (Å²) in [5.41, 5.74) is 0.183. The van der Waals surface area contributed by atoms with Crippen molar-refractivity contribution >= 4 is 29.4 Å². The molecule has 0 aliphatic carbocycles. The van der Waals surface area contributed by atoms with Crippen molar-refractivity contribution in [3.05, 3.63) is 28.8 Å². The van der Waals surface area contributed by atoms with E-state index in [1.165, 1.54) is 19.2 Å². The first kappa shape index (κ1) is 18.3. The van der Waals surface area contributed by atoms with Crippen LogP contribution >= 0.6 is 11.6 Å². The van der Waals surface area contributed by atoms with Crippen molar-refractivity contribution in [1.29, 1.82) is 0 Å². The number of halogens is 1. The van der Waals surface area contributed by atoms with Gasteiger partial charge in [-0.25, -0.2) is 4.79 Å². The zero-order chi connectivity index (χ0) is 16.9. The van der Waals surface area contributed by atoms with Gasteiger partial charge in [0, 0.05) is 0 Å². The fourth-order valence-corrected chi connectivity index (χ4v) is 1.85. The van der Waals surface area contributed by atoms with Crippen molar-refractivity contribution in [2.24, 2.45) is 0 Å². The standard InChI is InChI=1S/C15H20ClNO5/c1-15(2,3)22-14(20)17-11-6-5-9(7-10(11)16)12(18)8-13(19)21-4/h5-7,12,18H,8H2,1-4H3,(H,17,20). The molecule has 1 unspecified atom stereocenters. The second-order valence-electron chi connectivity index (χ2n) is 5.66. The quantitative estimate of drug-likeness (QED) is 0.828. The lowest BCUT2D eigenvalue weighted by atomic mass is 10.1. The number of rotatable bonds is 4. The third-order valence-electron chi connectivity index (χ3n) is 2.60.